The first-order valence-corrected chi connectivity index (χ1v) is 7.77. The molecule has 3 rings (SSSR count). The minimum absolute atomic E-state index is 0. The molecule has 2 saturated heterocycles. The highest BCUT2D eigenvalue weighted by Crippen LogP contribution is 2.31. The molecular formula is C15H27ClN4. The first kappa shape index (κ1) is 15.8. The molecule has 1 aromatic rings. The molecule has 20 heavy (non-hydrogen) atoms. The molecule has 0 spiro atoms. The van der Waals surface area contributed by atoms with Crippen LogP contribution in [0.25, 0.3) is 0 Å². The maximum absolute atomic E-state index is 4.35. The monoisotopic (exact) mass is 298 g/mol. The van der Waals surface area contributed by atoms with E-state index in [9.17, 15) is 0 Å². The van der Waals surface area contributed by atoms with Gasteiger partial charge in [0.25, 0.3) is 0 Å². The largest absolute Gasteiger partial charge is 0.316 e. The van der Waals surface area contributed by atoms with Gasteiger partial charge in [0.15, 0.2) is 0 Å². The summed E-state index contributed by atoms with van der Waals surface area (Å²) in [6.45, 7) is 4.92. The van der Waals surface area contributed by atoms with E-state index in [4.69, 9.17) is 0 Å². The van der Waals surface area contributed by atoms with Gasteiger partial charge >= 0.3 is 0 Å². The number of aryl methyl sites for hydroxylation is 1. The number of aromatic nitrogens is 2. The van der Waals surface area contributed by atoms with E-state index >= 15 is 0 Å². The second kappa shape index (κ2) is 7.43. The Morgan fingerprint density at radius 2 is 2.20 bits per heavy atom. The number of nitrogens with zero attached hydrogens (tertiary/aromatic N) is 3. The van der Waals surface area contributed by atoms with E-state index in [0.717, 1.165) is 5.92 Å². The Kier molecular flexibility index (Phi) is 5.87. The molecule has 2 aliphatic rings. The third-order valence-electron chi connectivity index (χ3n) is 4.71. The van der Waals surface area contributed by atoms with Crippen LogP contribution in [0.2, 0.25) is 0 Å². The molecule has 3 heterocycles. The minimum atomic E-state index is 0. The van der Waals surface area contributed by atoms with Crippen molar-refractivity contribution in [1.29, 1.82) is 0 Å². The Hall–Kier alpha value is -0.580. The summed E-state index contributed by atoms with van der Waals surface area (Å²) < 4.78 is 2.06. The van der Waals surface area contributed by atoms with Crippen LogP contribution in [0.4, 0.5) is 0 Å². The SMILES string of the molecule is Cl.Cn1nccc1C1CCCCN1CC1CCCNC1. The van der Waals surface area contributed by atoms with Crippen molar-refractivity contribution >= 4 is 12.4 Å². The second-order valence-electron chi connectivity index (χ2n) is 6.10. The minimum Gasteiger partial charge on any atom is -0.316 e. The summed E-state index contributed by atoms with van der Waals surface area (Å²) in [4.78, 5) is 2.71. The van der Waals surface area contributed by atoms with Crippen LogP contribution in [0.15, 0.2) is 12.3 Å². The molecule has 114 valence electrons. The van der Waals surface area contributed by atoms with Crippen molar-refractivity contribution in [2.45, 2.75) is 38.1 Å². The highest BCUT2D eigenvalue weighted by atomic mass is 35.5. The number of piperidine rings is 2. The van der Waals surface area contributed by atoms with E-state index in [1.54, 1.807) is 0 Å². The predicted octanol–water partition coefficient (Wildman–Crippen LogP) is 2.37. The highest BCUT2D eigenvalue weighted by Gasteiger charge is 2.28. The lowest BCUT2D eigenvalue weighted by molar-refractivity contribution is 0.111. The van der Waals surface area contributed by atoms with Gasteiger partial charge in [0, 0.05) is 19.8 Å². The first-order valence-electron chi connectivity index (χ1n) is 7.77. The third kappa shape index (κ3) is 3.54. The molecule has 0 aliphatic carbocycles. The van der Waals surface area contributed by atoms with Crippen LogP contribution < -0.4 is 5.32 Å². The van der Waals surface area contributed by atoms with Crippen molar-refractivity contribution in [2.75, 3.05) is 26.2 Å². The number of hydrogen-bond acceptors (Lipinski definition) is 3. The van der Waals surface area contributed by atoms with E-state index in [1.807, 2.05) is 6.20 Å². The molecule has 2 aliphatic heterocycles. The van der Waals surface area contributed by atoms with Crippen molar-refractivity contribution in [3.63, 3.8) is 0 Å². The van der Waals surface area contributed by atoms with Crippen LogP contribution in [0.1, 0.15) is 43.8 Å². The van der Waals surface area contributed by atoms with Gasteiger partial charge in [-0.2, -0.15) is 5.10 Å². The van der Waals surface area contributed by atoms with Gasteiger partial charge in [-0.05, 0) is 57.3 Å². The topological polar surface area (TPSA) is 33.1 Å². The third-order valence-corrected chi connectivity index (χ3v) is 4.71. The molecule has 5 heteroatoms. The van der Waals surface area contributed by atoms with Crippen molar-refractivity contribution in [2.24, 2.45) is 13.0 Å². The molecule has 2 fully saturated rings. The molecular weight excluding hydrogens is 272 g/mol. The summed E-state index contributed by atoms with van der Waals surface area (Å²) in [6, 6.07) is 2.78. The van der Waals surface area contributed by atoms with Crippen LogP contribution >= 0.6 is 12.4 Å². The molecule has 0 saturated carbocycles. The number of hydrogen-bond donors (Lipinski definition) is 1. The maximum atomic E-state index is 4.35. The van der Waals surface area contributed by atoms with Gasteiger partial charge in [0.2, 0.25) is 0 Å². The molecule has 1 N–H and O–H groups in total. The molecule has 0 aromatic carbocycles. The van der Waals surface area contributed by atoms with Gasteiger partial charge in [-0.3, -0.25) is 9.58 Å². The molecule has 0 radical (unpaired) electrons. The van der Waals surface area contributed by atoms with E-state index in [1.165, 1.54) is 64.0 Å². The van der Waals surface area contributed by atoms with Gasteiger partial charge in [0.05, 0.1) is 11.7 Å². The second-order valence-corrected chi connectivity index (χ2v) is 6.10. The standard InChI is InChI=1S/C15H26N4.ClH/c1-18-14(7-9-17-18)15-6-2-3-10-19(15)12-13-5-4-8-16-11-13;/h7,9,13,15-16H,2-6,8,10-12H2,1H3;1H. The highest BCUT2D eigenvalue weighted by molar-refractivity contribution is 5.85. The van der Waals surface area contributed by atoms with Crippen LogP contribution in [-0.2, 0) is 7.05 Å². The Bertz CT molecular complexity index is 400. The van der Waals surface area contributed by atoms with E-state index in [-0.39, 0.29) is 12.4 Å². The summed E-state index contributed by atoms with van der Waals surface area (Å²) in [6.07, 6.45) is 8.67. The Labute approximate surface area is 128 Å². The van der Waals surface area contributed by atoms with Gasteiger partial charge < -0.3 is 5.32 Å². The smallest absolute Gasteiger partial charge is 0.0552 e. The molecule has 2 unspecified atom stereocenters. The Morgan fingerprint density at radius 1 is 1.30 bits per heavy atom. The van der Waals surface area contributed by atoms with Gasteiger partial charge in [0.1, 0.15) is 0 Å². The van der Waals surface area contributed by atoms with Crippen LogP contribution in [0.5, 0.6) is 0 Å². The molecule has 1 aromatic heterocycles. The molecule has 0 bridgehead atoms. The maximum Gasteiger partial charge on any atom is 0.0552 e. The zero-order valence-electron chi connectivity index (χ0n) is 12.4. The number of likely N-dealkylation sites (tertiary alicyclic amines) is 1. The average Bonchev–Trinajstić information content (AvgIpc) is 2.87. The van der Waals surface area contributed by atoms with Crippen molar-refractivity contribution < 1.29 is 0 Å². The van der Waals surface area contributed by atoms with Gasteiger partial charge in [-0.1, -0.05) is 6.42 Å². The first-order chi connectivity index (χ1) is 9.34. The fourth-order valence-electron chi connectivity index (χ4n) is 3.67. The quantitative estimate of drug-likeness (QED) is 0.930. The summed E-state index contributed by atoms with van der Waals surface area (Å²) in [7, 11) is 2.07. The van der Waals surface area contributed by atoms with E-state index in [0.29, 0.717) is 6.04 Å². The lowest BCUT2D eigenvalue weighted by Crippen LogP contribution is -2.42. The molecule has 0 amide bonds. The van der Waals surface area contributed by atoms with Crippen molar-refractivity contribution in [3.8, 4) is 0 Å². The summed E-state index contributed by atoms with van der Waals surface area (Å²) >= 11 is 0. The predicted molar refractivity (Wildman–Crippen MR) is 84.2 cm³/mol. The Balaban J connectivity index is 0.00000147. The van der Waals surface area contributed by atoms with Crippen molar-refractivity contribution in [3.05, 3.63) is 18.0 Å². The normalized spacial score (nSPS) is 28.1. The molecule has 2 atom stereocenters. The number of rotatable bonds is 3. The lowest BCUT2D eigenvalue weighted by Gasteiger charge is -2.38. The van der Waals surface area contributed by atoms with E-state index < -0.39 is 0 Å². The van der Waals surface area contributed by atoms with Crippen LogP contribution in [0, 0.1) is 5.92 Å². The average molecular weight is 299 g/mol. The zero-order valence-corrected chi connectivity index (χ0v) is 13.2. The summed E-state index contributed by atoms with van der Waals surface area (Å²) in [5.41, 5.74) is 1.39. The summed E-state index contributed by atoms with van der Waals surface area (Å²) in [5, 5.41) is 7.89. The zero-order chi connectivity index (χ0) is 13.1. The fraction of sp³-hybridized carbons (Fsp3) is 0.800. The number of nitrogens with one attached hydrogen (secondary N) is 1. The summed E-state index contributed by atoms with van der Waals surface area (Å²) in [5.74, 6) is 0.836. The van der Waals surface area contributed by atoms with Gasteiger partial charge in [-0.15, -0.1) is 12.4 Å². The van der Waals surface area contributed by atoms with E-state index in [2.05, 4.69) is 33.1 Å². The van der Waals surface area contributed by atoms with Gasteiger partial charge in [-0.25, -0.2) is 0 Å². The Morgan fingerprint density at radius 3 is 2.90 bits per heavy atom. The lowest BCUT2D eigenvalue weighted by atomic mass is 9.94. The van der Waals surface area contributed by atoms with Crippen molar-refractivity contribution in [1.82, 2.24) is 20.0 Å². The van der Waals surface area contributed by atoms with Crippen LogP contribution in [0.3, 0.4) is 0 Å². The van der Waals surface area contributed by atoms with Crippen LogP contribution in [-0.4, -0.2) is 40.9 Å². The fourth-order valence-corrected chi connectivity index (χ4v) is 3.67. The number of halogens is 1. The molecule has 4 nitrogen and oxygen atoms in total.